The lowest BCUT2D eigenvalue weighted by Crippen LogP contribution is -2.53. The zero-order chi connectivity index (χ0) is 20.3. The third-order valence-electron chi connectivity index (χ3n) is 10.1. The van der Waals surface area contributed by atoms with Gasteiger partial charge in [0.1, 0.15) is 0 Å². The van der Waals surface area contributed by atoms with Crippen molar-refractivity contribution in [2.75, 3.05) is 0 Å². The second kappa shape index (κ2) is 7.12. The second-order valence-electron chi connectivity index (χ2n) is 12.1. The van der Waals surface area contributed by atoms with Crippen LogP contribution in [-0.2, 0) is 0 Å². The summed E-state index contributed by atoms with van der Waals surface area (Å²) in [6.45, 7) is 11.7. The number of hydrogen-bond acceptors (Lipinski definition) is 2. The van der Waals surface area contributed by atoms with Gasteiger partial charge in [0.05, 0.1) is 11.7 Å². The molecule has 4 aliphatic rings. The largest absolute Gasteiger partial charge is 0.393 e. The molecule has 2 heteroatoms. The Hall–Kier alpha value is -0.340. The number of aliphatic hydroxyl groups excluding tert-OH is 1. The zero-order valence-electron chi connectivity index (χ0n) is 19.0. The van der Waals surface area contributed by atoms with E-state index in [9.17, 15) is 10.2 Å². The van der Waals surface area contributed by atoms with Crippen LogP contribution in [0.1, 0.15) is 98.8 Å². The number of fused-ring (bicyclic) bond motifs is 5. The molecule has 3 fully saturated rings. The first-order valence-electron chi connectivity index (χ1n) is 12.2. The van der Waals surface area contributed by atoms with Gasteiger partial charge in [-0.15, -0.1) is 0 Å². The molecule has 8 atom stereocenters. The summed E-state index contributed by atoms with van der Waals surface area (Å²) in [4.78, 5) is 0. The van der Waals surface area contributed by atoms with Gasteiger partial charge in [-0.1, -0.05) is 39.3 Å². The summed E-state index contributed by atoms with van der Waals surface area (Å²) < 4.78 is 0. The van der Waals surface area contributed by atoms with Crippen LogP contribution in [0.4, 0.5) is 0 Å². The highest BCUT2D eigenvalue weighted by atomic mass is 16.3. The van der Waals surface area contributed by atoms with Crippen LogP contribution in [0.3, 0.4) is 0 Å². The summed E-state index contributed by atoms with van der Waals surface area (Å²) in [5.74, 6) is 3.46. The van der Waals surface area contributed by atoms with E-state index in [1.54, 1.807) is 5.57 Å². The van der Waals surface area contributed by atoms with E-state index in [2.05, 4.69) is 40.7 Å². The fourth-order valence-corrected chi connectivity index (χ4v) is 8.42. The van der Waals surface area contributed by atoms with Crippen molar-refractivity contribution in [3.05, 3.63) is 11.6 Å². The Morgan fingerprint density at radius 1 is 1.11 bits per heavy atom. The molecule has 160 valence electrons. The molecule has 4 aliphatic carbocycles. The van der Waals surface area contributed by atoms with Crippen LogP contribution in [-0.4, -0.2) is 21.9 Å². The van der Waals surface area contributed by atoms with Gasteiger partial charge in [0.2, 0.25) is 0 Å². The highest BCUT2D eigenvalue weighted by Crippen LogP contribution is 2.67. The third-order valence-corrected chi connectivity index (χ3v) is 10.1. The quantitative estimate of drug-likeness (QED) is 0.570. The molecule has 28 heavy (non-hydrogen) atoms. The van der Waals surface area contributed by atoms with Gasteiger partial charge in [-0.2, -0.15) is 0 Å². The molecule has 2 N–H and O–H groups in total. The van der Waals surface area contributed by atoms with Crippen LogP contribution in [0.5, 0.6) is 0 Å². The molecule has 0 saturated heterocycles. The molecule has 0 aromatic rings. The standard InChI is InChI=1S/C26H44O2/c1-17(2)10-15-26(5,28)23-9-8-21-20-7-6-18-16-19(27)11-13-24(18,3)22(20)12-14-25(21,23)4/h6,17,19-23,27-28H,7-16H2,1-5H3/t19-,20-,21-,22-,23-,24-,25-,26-/m0/s1. The number of hydrogen-bond donors (Lipinski definition) is 2. The van der Waals surface area contributed by atoms with Gasteiger partial charge in [-0.05, 0) is 112 Å². The topological polar surface area (TPSA) is 40.5 Å². The second-order valence-corrected chi connectivity index (χ2v) is 12.1. The van der Waals surface area contributed by atoms with Crippen molar-refractivity contribution in [1.82, 2.24) is 0 Å². The minimum atomic E-state index is -0.519. The zero-order valence-corrected chi connectivity index (χ0v) is 19.0. The predicted molar refractivity (Wildman–Crippen MR) is 116 cm³/mol. The summed E-state index contributed by atoms with van der Waals surface area (Å²) in [6, 6.07) is 0. The molecule has 4 rings (SSSR count). The molecule has 0 amide bonds. The summed E-state index contributed by atoms with van der Waals surface area (Å²) in [6.07, 6.45) is 13.9. The average Bonchev–Trinajstić information content (AvgIpc) is 2.99. The molecule has 0 aromatic heterocycles. The molecule has 0 aromatic carbocycles. The van der Waals surface area contributed by atoms with Crippen LogP contribution >= 0.6 is 0 Å². The maximum Gasteiger partial charge on any atom is 0.0653 e. The van der Waals surface area contributed by atoms with Crippen molar-refractivity contribution in [3.63, 3.8) is 0 Å². The van der Waals surface area contributed by atoms with Crippen molar-refractivity contribution in [2.45, 2.75) is 111 Å². The first-order valence-corrected chi connectivity index (χ1v) is 12.2. The van der Waals surface area contributed by atoms with E-state index in [-0.39, 0.29) is 6.10 Å². The van der Waals surface area contributed by atoms with Crippen molar-refractivity contribution in [3.8, 4) is 0 Å². The van der Waals surface area contributed by atoms with Gasteiger partial charge < -0.3 is 10.2 Å². The van der Waals surface area contributed by atoms with Crippen LogP contribution in [0.25, 0.3) is 0 Å². The fraction of sp³-hybridized carbons (Fsp3) is 0.923. The normalized spacial score (nSPS) is 47.7. The van der Waals surface area contributed by atoms with Gasteiger partial charge in [0.25, 0.3) is 0 Å². The summed E-state index contributed by atoms with van der Waals surface area (Å²) in [5, 5.41) is 21.7. The Balaban J connectivity index is 1.57. The van der Waals surface area contributed by atoms with Crippen molar-refractivity contribution in [2.24, 2.45) is 40.4 Å². The lowest BCUT2D eigenvalue weighted by Gasteiger charge is -2.59. The molecule has 0 aliphatic heterocycles. The van der Waals surface area contributed by atoms with E-state index < -0.39 is 5.60 Å². The maximum atomic E-state index is 11.5. The van der Waals surface area contributed by atoms with Crippen LogP contribution in [0.15, 0.2) is 11.6 Å². The molecular weight excluding hydrogens is 344 g/mol. The average molecular weight is 389 g/mol. The van der Waals surface area contributed by atoms with Crippen molar-refractivity contribution < 1.29 is 10.2 Å². The van der Waals surface area contributed by atoms with E-state index >= 15 is 0 Å². The Morgan fingerprint density at radius 2 is 1.86 bits per heavy atom. The fourth-order valence-electron chi connectivity index (χ4n) is 8.42. The Kier molecular flexibility index (Phi) is 5.32. The van der Waals surface area contributed by atoms with Gasteiger partial charge in [0, 0.05) is 0 Å². The van der Waals surface area contributed by atoms with Gasteiger partial charge in [0.15, 0.2) is 0 Å². The monoisotopic (exact) mass is 388 g/mol. The first-order chi connectivity index (χ1) is 13.1. The summed E-state index contributed by atoms with van der Waals surface area (Å²) in [5.41, 5.74) is 1.67. The molecule has 2 nitrogen and oxygen atoms in total. The van der Waals surface area contributed by atoms with E-state index in [1.165, 1.54) is 38.5 Å². The van der Waals surface area contributed by atoms with Gasteiger partial charge in [-0.25, -0.2) is 0 Å². The smallest absolute Gasteiger partial charge is 0.0653 e. The highest BCUT2D eigenvalue weighted by molar-refractivity contribution is 5.25. The van der Waals surface area contributed by atoms with Crippen LogP contribution in [0.2, 0.25) is 0 Å². The summed E-state index contributed by atoms with van der Waals surface area (Å²) >= 11 is 0. The first kappa shape index (κ1) is 20.9. The minimum Gasteiger partial charge on any atom is -0.393 e. The maximum absolute atomic E-state index is 11.5. The highest BCUT2D eigenvalue weighted by Gasteiger charge is 2.61. The molecular formula is C26H44O2. The summed E-state index contributed by atoms with van der Waals surface area (Å²) in [7, 11) is 0. The minimum absolute atomic E-state index is 0.114. The van der Waals surface area contributed by atoms with Crippen LogP contribution in [0, 0.1) is 40.4 Å². The Labute approximate surface area is 173 Å². The Bertz CT molecular complexity index is 620. The molecule has 0 bridgehead atoms. The SMILES string of the molecule is CC(C)CC[C@](C)(O)[C@H]1CC[C@H]2[C@@H]3CC=C4C[C@@H](O)CC[C@]4(C)[C@H]3CC[C@@]21C. The van der Waals surface area contributed by atoms with Crippen LogP contribution < -0.4 is 0 Å². The number of allylic oxidation sites excluding steroid dienone is 1. The molecule has 0 unspecified atom stereocenters. The lowest BCUT2D eigenvalue weighted by atomic mass is 9.46. The van der Waals surface area contributed by atoms with Gasteiger partial charge >= 0.3 is 0 Å². The molecule has 0 radical (unpaired) electrons. The third kappa shape index (κ3) is 3.22. The van der Waals surface area contributed by atoms with E-state index in [4.69, 9.17) is 0 Å². The van der Waals surface area contributed by atoms with E-state index in [1.807, 2.05) is 0 Å². The Morgan fingerprint density at radius 3 is 2.57 bits per heavy atom. The van der Waals surface area contributed by atoms with E-state index in [0.717, 1.165) is 43.4 Å². The van der Waals surface area contributed by atoms with Gasteiger partial charge in [-0.3, -0.25) is 0 Å². The lowest BCUT2D eigenvalue weighted by molar-refractivity contribution is -0.106. The predicted octanol–water partition coefficient (Wildman–Crippen LogP) is 6.11. The van der Waals surface area contributed by atoms with E-state index in [0.29, 0.717) is 22.7 Å². The van der Waals surface area contributed by atoms with Crippen molar-refractivity contribution in [1.29, 1.82) is 0 Å². The molecule has 0 spiro atoms. The number of rotatable bonds is 4. The number of aliphatic hydroxyl groups is 2. The molecule has 0 heterocycles. The molecule has 3 saturated carbocycles. The van der Waals surface area contributed by atoms with Crippen molar-refractivity contribution >= 4 is 0 Å².